The molecule has 0 aromatic carbocycles. The van der Waals surface area contributed by atoms with Crippen LogP contribution in [0.25, 0.3) is 0 Å². The molecule has 3 rings (SSSR count). The van der Waals surface area contributed by atoms with Gasteiger partial charge >= 0.3 is 12.1 Å². The summed E-state index contributed by atoms with van der Waals surface area (Å²) in [5.74, 6) is -0.853. The second-order valence-corrected chi connectivity index (χ2v) is 6.51. The quantitative estimate of drug-likeness (QED) is 0.802. The largest absolute Gasteiger partial charge is 0.480 e. The highest BCUT2D eigenvalue weighted by Gasteiger charge is 2.48. The maximum atomic E-state index is 12.5. The fourth-order valence-electron chi connectivity index (χ4n) is 3.58. The molecule has 0 bridgehead atoms. The predicted octanol–water partition coefficient (Wildman–Crippen LogP) is 0.311. The number of carbonyl (C=O) groups excluding carboxylic acids is 2. The summed E-state index contributed by atoms with van der Waals surface area (Å²) >= 11 is 0. The maximum Gasteiger partial charge on any atom is 0.411 e. The first-order valence-corrected chi connectivity index (χ1v) is 8.05. The van der Waals surface area contributed by atoms with Gasteiger partial charge < -0.3 is 19.5 Å². The lowest BCUT2D eigenvalue weighted by molar-refractivity contribution is -0.141. The third-order valence-electron chi connectivity index (χ3n) is 4.92. The minimum atomic E-state index is -1.05. The zero-order valence-electron chi connectivity index (χ0n) is 13.0. The smallest absolute Gasteiger partial charge is 0.411 e. The highest BCUT2D eigenvalue weighted by atomic mass is 16.6. The summed E-state index contributed by atoms with van der Waals surface area (Å²) in [6, 6.07) is 0. The molecule has 3 heterocycles. The van der Waals surface area contributed by atoms with E-state index in [9.17, 15) is 14.4 Å². The molecule has 1 spiro atoms. The Hall–Kier alpha value is -1.83. The first-order chi connectivity index (χ1) is 11.0. The fraction of sp³-hybridized carbons (Fsp3) is 0.800. The first-order valence-electron chi connectivity index (χ1n) is 8.05. The summed E-state index contributed by atoms with van der Waals surface area (Å²) in [6.07, 6.45) is 2.08. The Morgan fingerprint density at radius 2 is 1.87 bits per heavy atom. The number of rotatable bonds is 3. The third-order valence-corrected chi connectivity index (χ3v) is 4.92. The lowest BCUT2D eigenvalue weighted by Crippen LogP contribution is -2.50. The molecular weight excluding hydrogens is 304 g/mol. The number of nitrogens with zero attached hydrogens (tertiary/aromatic N) is 2. The number of aliphatic carboxylic acids is 1. The Morgan fingerprint density at radius 1 is 1.22 bits per heavy atom. The SMILES string of the molecule is O=C(O)CN1CC2(CCN(C(=O)C3CCOCC3)CC2)OC1=O. The van der Waals surface area contributed by atoms with Crippen molar-refractivity contribution < 1.29 is 29.0 Å². The summed E-state index contributed by atoms with van der Waals surface area (Å²) in [6.45, 7) is 2.31. The van der Waals surface area contributed by atoms with E-state index in [0.29, 0.717) is 39.1 Å². The molecule has 0 radical (unpaired) electrons. The molecule has 0 aromatic rings. The van der Waals surface area contributed by atoms with Crippen LogP contribution >= 0.6 is 0 Å². The highest BCUT2D eigenvalue weighted by molar-refractivity contribution is 5.80. The number of hydrogen-bond donors (Lipinski definition) is 1. The molecule has 3 aliphatic heterocycles. The van der Waals surface area contributed by atoms with Gasteiger partial charge in [0.1, 0.15) is 12.1 Å². The van der Waals surface area contributed by atoms with Gasteiger partial charge in [0.05, 0.1) is 6.54 Å². The Labute approximate surface area is 134 Å². The zero-order valence-corrected chi connectivity index (χ0v) is 13.0. The summed E-state index contributed by atoms with van der Waals surface area (Å²) < 4.78 is 10.7. The lowest BCUT2D eigenvalue weighted by Gasteiger charge is -2.39. The van der Waals surface area contributed by atoms with Crippen molar-refractivity contribution in [2.45, 2.75) is 31.3 Å². The van der Waals surface area contributed by atoms with Crippen molar-refractivity contribution in [3.63, 3.8) is 0 Å². The van der Waals surface area contributed by atoms with Crippen LogP contribution < -0.4 is 0 Å². The van der Waals surface area contributed by atoms with Gasteiger partial charge in [0.25, 0.3) is 0 Å². The van der Waals surface area contributed by atoms with Gasteiger partial charge in [0, 0.05) is 45.1 Å². The lowest BCUT2D eigenvalue weighted by atomic mass is 9.89. The average molecular weight is 326 g/mol. The van der Waals surface area contributed by atoms with Crippen LogP contribution in [0.4, 0.5) is 4.79 Å². The fourth-order valence-corrected chi connectivity index (χ4v) is 3.58. The second-order valence-electron chi connectivity index (χ2n) is 6.51. The molecule has 0 aliphatic carbocycles. The Morgan fingerprint density at radius 3 is 2.48 bits per heavy atom. The number of amides is 2. The van der Waals surface area contributed by atoms with Crippen LogP contribution in [0.2, 0.25) is 0 Å². The number of ether oxygens (including phenoxy) is 2. The van der Waals surface area contributed by atoms with Crippen molar-refractivity contribution in [3.8, 4) is 0 Å². The van der Waals surface area contributed by atoms with Gasteiger partial charge in [-0.15, -0.1) is 0 Å². The van der Waals surface area contributed by atoms with Crippen molar-refractivity contribution >= 4 is 18.0 Å². The highest BCUT2D eigenvalue weighted by Crippen LogP contribution is 2.34. The minimum absolute atomic E-state index is 0.0347. The molecular formula is C15H22N2O6. The van der Waals surface area contributed by atoms with E-state index in [0.717, 1.165) is 12.8 Å². The number of carbonyl (C=O) groups is 3. The summed E-state index contributed by atoms with van der Waals surface area (Å²) in [5.41, 5.74) is -0.640. The van der Waals surface area contributed by atoms with Crippen LogP contribution in [-0.2, 0) is 19.1 Å². The standard InChI is InChI=1S/C15H22N2O6/c18-12(19)9-17-10-15(23-14(17)21)3-5-16(6-4-15)13(20)11-1-7-22-8-2-11/h11H,1-10H2,(H,18,19). The number of piperidine rings is 1. The van der Waals surface area contributed by atoms with Crippen LogP contribution in [-0.4, -0.2) is 77.9 Å². The van der Waals surface area contributed by atoms with Crippen LogP contribution in [0.1, 0.15) is 25.7 Å². The molecule has 3 saturated heterocycles. The van der Waals surface area contributed by atoms with Gasteiger partial charge in [-0.3, -0.25) is 14.5 Å². The van der Waals surface area contributed by atoms with E-state index in [4.69, 9.17) is 14.6 Å². The normalized spacial score (nSPS) is 24.8. The van der Waals surface area contributed by atoms with Crippen LogP contribution in [0.3, 0.4) is 0 Å². The Balaban J connectivity index is 1.55. The van der Waals surface area contributed by atoms with Crippen LogP contribution in [0, 0.1) is 5.92 Å². The topological polar surface area (TPSA) is 96.4 Å². The monoisotopic (exact) mass is 326 g/mol. The molecule has 3 aliphatic rings. The summed E-state index contributed by atoms with van der Waals surface area (Å²) in [7, 11) is 0. The first kappa shape index (κ1) is 16.0. The van der Waals surface area contributed by atoms with Crippen molar-refractivity contribution in [2.75, 3.05) is 39.4 Å². The average Bonchev–Trinajstić information content (AvgIpc) is 2.83. The van der Waals surface area contributed by atoms with Crippen molar-refractivity contribution in [3.05, 3.63) is 0 Å². The van der Waals surface area contributed by atoms with Gasteiger partial charge in [-0.2, -0.15) is 0 Å². The minimum Gasteiger partial charge on any atom is -0.480 e. The summed E-state index contributed by atoms with van der Waals surface area (Å²) in [5, 5.41) is 8.82. The van der Waals surface area contributed by atoms with Gasteiger partial charge in [0.15, 0.2) is 0 Å². The number of likely N-dealkylation sites (tertiary alicyclic amines) is 1. The molecule has 2 amide bonds. The van der Waals surface area contributed by atoms with Crippen LogP contribution in [0.15, 0.2) is 0 Å². The van der Waals surface area contributed by atoms with E-state index in [1.54, 1.807) is 0 Å². The molecule has 8 heteroatoms. The number of carboxylic acid groups (broad SMARTS) is 1. The van der Waals surface area contributed by atoms with E-state index in [-0.39, 0.29) is 24.9 Å². The van der Waals surface area contributed by atoms with Crippen LogP contribution in [0.5, 0.6) is 0 Å². The van der Waals surface area contributed by atoms with Crippen molar-refractivity contribution in [1.82, 2.24) is 9.80 Å². The molecule has 128 valence electrons. The van der Waals surface area contributed by atoms with Gasteiger partial charge in [-0.25, -0.2) is 4.79 Å². The van der Waals surface area contributed by atoms with Crippen molar-refractivity contribution in [2.24, 2.45) is 5.92 Å². The molecule has 23 heavy (non-hydrogen) atoms. The molecule has 0 atom stereocenters. The molecule has 8 nitrogen and oxygen atoms in total. The van der Waals surface area contributed by atoms with Gasteiger partial charge in [0.2, 0.25) is 5.91 Å². The van der Waals surface area contributed by atoms with E-state index in [1.165, 1.54) is 4.90 Å². The molecule has 0 unspecified atom stereocenters. The van der Waals surface area contributed by atoms with E-state index in [1.807, 2.05) is 4.90 Å². The number of hydrogen-bond acceptors (Lipinski definition) is 5. The molecule has 0 saturated carbocycles. The maximum absolute atomic E-state index is 12.5. The third kappa shape index (κ3) is 3.41. The zero-order chi connectivity index (χ0) is 16.4. The van der Waals surface area contributed by atoms with E-state index in [2.05, 4.69) is 0 Å². The molecule has 3 fully saturated rings. The van der Waals surface area contributed by atoms with Gasteiger partial charge in [-0.05, 0) is 12.8 Å². The predicted molar refractivity (Wildman–Crippen MR) is 77.8 cm³/mol. The Bertz CT molecular complexity index is 494. The number of carboxylic acids is 1. The molecule has 0 aromatic heterocycles. The molecule has 1 N–H and O–H groups in total. The van der Waals surface area contributed by atoms with E-state index < -0.39 is 17.7 Å². The summed E-state index contributed by atoms with van der Waals surface area (Å²) in [4.78, 5) is 38.1. The van der Waals surface area contributed by atoms with Gasteiger partial charge in [-0.1, -0.05) is 0 Å². The Kier molecular flexibility index (Phi) is 4.43. The van der Waals surface area contributed by atoms with Crippen molar-refractivity contribution in [1.29, 1.82) is 0 Å². The second kappa shape index (κ2) is 6.35. The van der Waals surface area contributed by atoms with E-state index >= 15 is 0 Å².